The van der Waals surface area contributed by atoms with E-state index in [0.717, 1.165) is 64.2 Å². The quantitative estimate of drug-likeness (QED) is 0.0275. The molecule has 0 rings (SSSR count). The molecule has 0 aliphatic rings. The number of phosphoric ester groups is 1. The molecule has 0 aromatic rings. The summed E-state index contributed by atoms with van der Waals surface area (Å²) in [6.07, 6.45) is 52.8. The molecule has 0 saturated heterocycles. The maximum atomic E-state index is 12.5. The number of ether oxygens (including phenoxy) is 2. The Balaban J connectivity index is 4.42. The zero-order chi connectivity index (χ0) is 40.3. The van der Waals surface area contributed by atoms with Crippen molar-refractivity contribution in [2.24, 2.45) is 5.73 Å². The highest BCUT2D eigenvalue weighted by Crippen LogP contribution is 2.43. The molecule has 0 fully saturated rings. The van der Waals surface area contributed by atoms with E-state index >= 15 is 0 Å². The van der Waals surface area contributed by atoms with Crippen molar-refractivity contribution in [3.63, 3.8) is 0 Å². The minimum Gasteiger partial charge on any atom is -0.462 e. The molecule has 0 spiro atoms. The largest absolute Gasteiger partial charge is 0.472 e. The number of unbranched alkanes of at least 4 members (excludes halogenated alkanes) is 5. The average Bonchev–Trinajstić information content (AvgIpc) is 3.17. The molecule has 3 N–H and O–H groups in total. The second kappa shape index (κ2) is 40.3. The first-order valence-electron chi connectivity index (χ1n) is 20.4. The molecule has 10 heteroatoms. The van der Waals surface area contributed by atoms with Crippen LogP contribution in [0.25, 0.3) is 0 Å². The Kier molecular flexibility index (Phi) is 37.9. The lowest BCUT2D eigenvalue weighted by Crippen LogP contribution is -2.29. The van der Waals surface area contributed by atoms with Crippen molar-refractivity contribution < 1.29 is 37.6 Å². The summed E-state index contributed by atoms with van der Waals surface area (Å²) in [5.41, 5.74) is 5.33. The second-order valence-electron chi connectivity index (χ2n) is 12.8. The monoisotopic (exact) mass is 785 g/mol. The van der Waals surface area contributed by atoms with E-state index < -0.39 is 32.5 Å². The molecule has 55 heavy (non-hydrogen) atoms. The van der Waals surface area contributed by atoms with Gasteiger partial charge in [0.05, 0.1) is 13.2 Å². The van der Waals surface area contributed by atoms with Gasteiger partial charge in [0.15, 0.2) is 6.10 Å². The summed E-state index contributed by atoms with van der Waals surface area (Å²) in [4.78, 5) is 34.8. The number of esters is 2. The first kappa shape index (κ1) is 51.7. The Labute approximate surface area is 333 Å². The number of rotatable bonds is 36. The van der Waals surface area contributed by atoms with Gasteiger partial charge in [-0.2, -0.15) is 0 Å². The molecule has 0 aliphatic heterocycles. The van der Waals surface area contributed by atoms with Crippen molar-refractivity contribution in [1.82, 2.24) is 0 Å². The highest BCUT2D eigenvalue weighted by molar-refractivity contribution is 7.47. The standard InChI is InChI=1S/C45H72NO8P/c1-3-5-7-9-11-13-15-17-19-20-21-22-24-26-28-30-32-34-36-38-45(48)54-43(42-53-55(49,50)52-40-39-46)41-51-44(47)37-35-33-31-29-27-25-23-18-16-14-12-10-8-6-4-2/h6,8,11-14,17-19,21-23,26-29,32,34,43H,3-5,7,9-10,15-16,20,24-25,30-31,33,35-42,46H2,1-2H3,(H,49,50)/b8-6+,13-11+,14-12+,19-17+,22-21+,23-18+,28-26+,29-27+,34-32+/t43-/m1/s1. The van der Waals surface area contributed by atoms with Crippen LogP contribution >= 0.6 is 7.82 Å². The highest BCUT2D eigenvalue weighted by atomic mass is 31.2. The van der Waals surface area contributed by atoms with Crippen molar-refractivity contribution in [2.75, 3.05) is 26.4 Å². The molecule has 0 amide bonds. The summed E-state index contributed by atoms with van der Waals surface area (Å²) < 4.78 is 32.6. The van der Waals surface area contributed by atoms with E-state index in [2.05, 4.69) is 111 Å². The molecular formula is C45H72NO8P. The van der Waals surface area contributed by atoms with E-state index in [4.69, 9.17) is 24.3 Å². The molecule has 0 radical (unpaired) electrons. The minimum absolute atomic E-state index is 0.0299. The zero-order valence-electron chi connectivity index (χ0n) is 33.9. The van der Waals surface area contributed by atoms with E-state index in [1.165, 1.54) is 25.7 Å². The number of allylic oxidation sites excluding steroid dienone is 18. The van der Waals surface area contributed by atoms with Crippen LogP contribution in [-0.2, 0) is 32.7 Å². The third-order valence-corrected chi connectivity index (χ3v) is 8.64. The normalized spacial score (nSPS) is 14.5. The van der Waals surface area contributed by atoms with Gasteiger partial charge >= 0.3 is 19.8 Å². The van der Waals surface area contributed by atoms with Crippen LogP contribution in [0.15, 0.2) is 109 Å². The van der Waals surface area contributed by atoms with Crippen LogP contribution in [0, 0.1) is 0 Å². The minimum atomic E-state index is -4.41. The molecule has 310 valence electrons. The lowest BCUT2D eigenvalue weighted by Gasteiger charge is -2.19. The van der Waals surface area contributed by atoms with Crippen LogP contribution in [0.4, 0.5) is 0 Å². The number of carbonyl (C=O) groups excluding carboxylic acids is 2. The van der Waals surface area contributed by atoms with Crippen molar-refractivity contribution >= 4 is 19.8 Å². The molecular weight excluding hydrogens is 713 g/mol. The van der Waals surface area contributed by atoms with Gasteiger partial charge in [0, 0.05) is 19.4 Å². The smallest absolute Gasteiger partial charge is 0.462 e. The van der Waals surface area contributed by atoms with E-state index in [9.17, 15) is 19.0 Å². The summed E-state index contributed by atoms with van der Waals surface area (Å²) in [5.74, 6) is -0.988. The van der Waals surface area contributed by atoms with Crippen LogP contribution < -0.4 is 5.73 Å². The number of carbonyl (C=O) groups is 2. The first-order chi connectivity index (χ1) is 26.8. The van der Waals surface area contributed by atoms with E-state index in [1.807, 2.05) is 12.2 Å². The number of hydrogen-bond donors (Lipinski definition) is 2. The van der Waals surface area contributed by atoms with E-state index in [1.54, 1.807) is 0 Å². The summed E-state index contributed by atoms with van der Waals surface area (Å²) >= 11 is 0. The Morgan fingerprint density at radius 3 is 1.49 bits per heavy atom. The van der Waals surface area contributed by atoms with Gasteiger partial charge in [0.1, 0.15) is 6.61 Å². The van der Waals surface area contributed by atoms with Crippen LogP contribution in [0.1, 0.15) is 129 Å². The second-order valence-corrected chi connectivity index (χ2v) is 14.2. The fourth-order valence-corrected chi connectivity index (χ4v) is 5.43. The van der Waals surface area contributed by atoms with Gasteiger partial charge in [0.25, 0.3) is 0 Å². The lowest BCUT2D eigenvalue weighted by atomic mass is 10.2. The van der Waals surface area contributed by atoms with Crippen molar-refractivity contribution in [3.8, 4) is 0 Å². The van der Waals surface area contributed by atoms with Gasteiger partial charge in [-0.15, -0.1) is 0 Å². The highest BCUT2D eigenvalue weighted by Gasteiger charge is 2.25. The maximum absolute atomic E-state index is 12.5. The number of hydrogen-bond acceptors (Lipinski definition) is 8. The zero-order valence-corrected chi connectivity index (χ0v) is 34.7. The van der Waals surface area contributed by atoms with Crippen molar-refractivity contribution in [1.29, 1.82) is 0 Å². The molecule has 9 nitrogen and oxygen atoms in total. The predicted molar refractivity (Wildman–Crippen MR) is 228 cm³/mol. The fraction of sp³-hybridized carbons (Fsp3) is 0.556. The Hall–Kier alpha value is -3.33. The maximum Gasteiger partial charge on any atom is 0.472 e. The Morgan fingerprint density at radius 1 is 0.564 bits per heavy atom. The number of phosphoric acid groups is 1. The molecule has 0 bridgehead atoms. The summed E-state index contributed by atoms with van der Waals surface area (Å²) in [7, 11) is -4.41. The summed E-state index contributed by atoms with van der Waals surface area (Å²) in [6, 6.07) is 0. The Bertz CT molecular complexity index is 1260. The van der Waals surface area contributed by atoms with Crippen LogP contribution in [0.5, 0.6) is 0 Å². The van der Waals surface area contributed by atoms with Gasteiger partial charge < -0.3 is 20.1 Å². The number of nitrogens with two attached hydrogens (primary N) is 1. The average molecular weight is 786 g/mol. The molecule has 2 atom stereocenters. The molecule has 1 unspecified atom stereocenters. The van der Waals surface area contributed by atoms with Crippen LogP contribution in [0.3, 0.4) is 0 Å². The fourth-order valence-electron chi connectivity index (χ4n) is 4.66. The summed E-state index contributed by atoms with van der Waals surface area (Å²) in [5, 5.41) is 0. The van der Waals surface area contributed by atoms with E-state index in [0.29, 0.717) is 12.8 Å². The lowest BCUT2D eigenvalue weighted by molar-refractivity contribution is -0.161. The molecule has 0 aliphatic carbocycles. The molecule has 0 aromatic heterocycles. The molecule has 0 heterocycles. The predicted octanol–water partition coefficient (Wildman–Crippen LogP) is 11.6. The van der Waals surface area contributed by atoms with Crippen molar-refractivity contribution in [2.45, 2.75) is 136 Å². The topological polar surface area (TPSA) is 134 Å². The van der Waals surface area contributed by atoms with E-state index in [-0.39, 0.29) is 32.6 Å². The van der Waals surface area contributed by atoms with Crippen LogP contribution in [-0.4, -0.2) is 49.3 Å². The van der Waals surface area contributed by atoms with Crippen LogP contribution in [0.2, 0.25) is 0 Å². The first-order valence-corrected chi connectivity index (χ1v) is 21.9. The third-order valence-electron chi connectivity index (χ3n) is 7.66. The Morgan fingerprint density at radius 2 is 1.02 bits per heavy atom. The SMILES string of the molecule is CC/C=C/C/C=C/C/C=C/C/C=C/CCCCC(=O)OC[C@H](COP(=O)(O)OCCN)OC(=O)CC/C=C/C/C=C/C/C=C/C/C=C/C/C=C/CCCCC. The van der Waals surface area contributed by atoms with Gasteiger partial charge in [-0.05, 0) is 89.9 Å². The van der Waals surface area contributed by atoms with Gasteiger partial charge in [-0.3, -0.25) is 18.6 Å². The van der Waals surface area contributed by atoms with Crippen molar-refractivity contribution in [3.05, 3.63) is 109 Å². The summed E-state index contributed by atoms with van der Waals surface area (Å²) in [6.45, 7) is 3.41. The molecule has 0 saturated carbocycles. The van der Waals surface area contributed by atoms with Gasteiger partial charge in [0.2, 0.25) is 0 Å². The van der Waals surface area contributed by atoms with Gasteiger partial charge in [-0.1, -0.05) is 136 Å². The third kappa shape index (κ3) is 40.2. The molecule has 0 aromatic carbocycles. The van der Waals surface area contributed by atoms with Gasteiger partial charge in [-0.25, -0.2) is 4.57 Å².